The van der Waals surface area contributed by atoms with Crippen molar-refractivity contribution in [1.29, 1.82) is 0 Å². The molecule has 0 aliphatic carbocycles. The molecule has 4 heteroatoms. The highest BCUT2D eigenvalue weighted by atomic mass is 16.1. The van der Waals surface area contributed by atoms with Crippen LogP contribution in [0.1, 0.15) is 49.9 Å². The SMILES string of the molecule is CC(C)N(CCCC1CCN(C)CC1)c1ccc(C=O)cn1. The molecule has 2 rings (SSSR count). The number of aldehydes is 1. The zero-order valence-corrected chi connectivity index (χ0v) is 14.2. The third-order valence-electron chi connectivity index (χ3n) is 4.67. The molecule has 4 nitrogen and oxygen atoms in total. The van der Waals surface area contributed by atoms with Crippen LogP contribution < -0.4 is 4.90 Å². The van der Waals surface area contributed by atoms with Gasteiger partial charge in [-0.1, -0.05) is 0 Å². The van der Waals surface area contributed by atoms with Crippen LogP contribution in [0.25, 0.3) is 0 Å². The van der Waals surface area contributed by atoms with Crippen molar-refractivity contribution < 1.29 is 4.79 Å². The minimum atomic E-state index is 0.423. The smallest absolute Gasteiger partial charge is 0.151 e. The van der Waals surface area contributed by atoms with E-state index in [1.54, 1.807) is 6.20 Å². The van der Waals surface area contributed by atoms with Gasteiger partial charge in [-0.2, -0.15) is 0 Å². The number of carbonyl (C=O) groups excluding carboxylic acids is 1. The third-order valence-corrected chi connectivity index (χ3v) is 4.67. The molecule has 1 saturated heterocycles. The van der Waals surface area contributed by atoms with Crippen molar-refractivity contribution in [3.8, 4) is 0 Å². The molecule has 0 unspecified atom stereocenters. The number of likely N-dealkylation sites (tertiary alicyclic amines) is 1. The molecule has 0 atom stereocenters. The van der Waals surface area contributed by atoms with Gasteiger partial charge in [-0.15, -0.1) is 0 Å². The van der Waals surface area contributed by atoms with Crippen molar-refractivity contribution >= 4 is 12.1 Å². The van der Waals surface area contributed by atoms with E-state index < -0.39 is 0 Å². The lowest BCUT2D eigenvalue weighted by Gasteiger charge is -2.31. The minimum absolute atomic E-state index is 0.423. The minimum Gasteiger partial charge on any atom is -0.354 e. The lowest BCUT2D eigenvalue weighted by Crippen LogP contribution is -2.33. The van der Waals surface area contributed by atoms with Crippen LogP contribution in [0.2, 0.25) is 0 Å². The highest BCUT2D eigenvalue weighted by Crippen LogP contribution is 2.22. The van der Waals surface area contributed by atoms with Crippen LogP contribution in [0, 0.1) is 5.92 Å². The molecule has 2 heterocycles. The van der Waals surface area contributed by atoms with Gasteiger partial charge in [0.05, 0.1) is 0 Å². The van der Waals surface area contributed by atoms with E-state index in [9.17, 15) is 4.79 Å². The Bertz CT molecular complexity index is 450. The van der Waals surface area contributed by atoms with Gasteiger partial charge in [-0.25, -0.2) is 4.98 Å². The van der Waals surface area contributed by atoms with Crippen LogP contribution >= 0.6 is 0 Å². The Balaban J connectivity index is 1.84. The Labute approximate surface area is 134 Å². The fourth-order valence-electron chi connectivity index (χ4n) is 3.18. The average molecular weight is 303 g/mol. The van der Waals surface area contributed by atoms with Crippen LogP contribution in [0.15, 0.2) is 18.3 Å². The molecule has 1 aromatic rings. The van der Waals surface area contributed by atoms with Crippen LogP contribution in [-0.2, 0) is 0 Å². The molecule has 0 N–H and O–H groups in total. The second-order valence-corrected chi connectivity index (χ2v) is 6.74. The van der Waals surface area contributed by atoms with Crippen molar-refractivity contribution in [2.75, 3.05) is 31.6 Å². The number of carbonyl (C=O) groups is 1. The first-order chi connectivity index (χ1) is 10.6. The van der Waals surface area contributed by atoms with Crippen molar-refractivity contribution in [1.82, 2.24) is 9.88 Å². The summed E-state index contributed by atoms with van der Waals surface area (Å²) in [5.74, 6) is 1.86. The van der Waals surface area contributed by atoms with Gasteiger partial charge in [0.25, 0.3) is 0 Å². The van der Waals surface area contributed by atoms with E-state index in [4.69, 9.17) is 0 Å². The number of pyridine rings is 1. The number of aromatic nitrogens is 1. The van der Waals surface area contributed by atoms with Gasteiger partial charge in [-0.05, 0) is 77.7 Å². The van der Waals surface area contributed by atoms with E-state index in [0.29, 0.717) is 11.6 Å². The Hall–Kier alpha value is -1.42. The van der Waals surface area contributed by atoms with Crippen molar-refractivity contribution in [3.63, 3.8) is 0 Å². The number of hydrogen-bond donors (Lipinski definition) is 0. The molecule has 0 saturated carbocycles. The molecule has 122 valence electrons. The van der Waals surface area contributed by atoms with Gasteiger partial charge in [0, 0.05) is 24.3 Å². The van der Waals surface area contributed by atoms with Crippen molar-refractivity contribution in [2.24, 2.45) is 5.92 Å². The maximum absolute atomic E-state index is 10.7. The summed E-state index contributed by atoms with van der Waals surface area (Å²) in [6, 6.07) is 4.23. The van der Waals surface area contributed by atoms with Gasteiger partial charge in [0.1, 0.15) is 5.82 Å². The Morgan fingerprint density at radius 1 is 1.36 bits per heavy atom. The summed E-state index contributed by atoms with van der Waals surface area (Å²) in [6.45, 7) is 7.92. The monoisotopic (exact) mass is 303 g/mol. The summed E-state index contributed by atoms with van der Waals surface area (Å²) in [5, 5.41) is 0. The predicted molar refractivity (Wildman–Crippen MR) is 91.6 cm³/mol. The first-order valence-corrected chi connectivity index (χ1v) is 8.46. The highest BCUT2D eigenvalue weighted by Gasteiger charge is 2.17. The lowest BCUT2D eigenvalue weighted by atomic mass is 9.92. The fraction of sp³-hybridized carbons (Fsp3) is 0.667. The lowest BCUT2D eigenvalue weighted by molar-refractivity contribution is 0.112. The summed E-state index contributed by atoms with van der Waals surface area (Å²) < 4.78 is 0. The molecule has 1 fully saturated rings. The summed E-state index contributed by atoms with van der Waals surface area (Å²) in [7, 11) is 2.21. The van der Waals surface area contributed by atoms with Crippen molar-refractivity contribution in [2.45, 2.75) is 45.6 Å². The molecular formula is C18H29N3O. The summed E-state index contributed by atoms with van der Waals surface area (Å²) in [6.07, 6.45) is 7.70. The standard InChI is InChI=1S/C18H29N3O/c1-15(2)21(18-7-6-17(14-22)13-19-18)10-4-5-16-8-11-20(3)12-9-16/h6-7,13-16H,4-5,8-12H2,1-3H3. The van der Waals surface area contributed by atoms with Crippen LogP contribution in [0.3, 0.4) is 0 Å². The summed E-state index contributed by atoms with van der Waals surface area (Å²) in [4.78, 5) is 19.9. The van der Waals surface area contributed by atoms with Crippen LogP contribution in [-0.4, -0.2) is 48.9 Å². The average Bonchev–Trinajstić information content (AvgIpc) is 2.53. The van der Waals surface area contributed by atoms with Gasteiger partial charge in [-0.3, -0.25) is 4.79 Å². The molecule has 1 aliphatic heterocycles. The zero-order valence-electron chi connectivity index (χ0n) is 14.2. The molecule has 0 radical (unpaired) electrons. The fourth-order valence-corrected chi connectivity index (χ4v) is 3.18. The molecule has 0 bridgehead atoms. The van der Waals surface area contributed by atoms with E-state index in [2.05, 4.69) is 35.7 Å². The third kappa shape index (κ3) is 4.80. The van der Waals surface area contributed by atoms with Crippen LogP contribution in [0.4, 0.5) is 5.82 Å². The van der Waals surface area contributed by atoms with Crippen LogP contribution in [0.5, 0.6) is 0 Å². The van der Waals surface area contributed by atoms with E-state index in [1.807, 2.05) is 12.1 Å². The first kappa shape index (κ1) is 16.9. The maximum atomic E-state index is 10.7. The molecule has 1 aliphatic rings. The number of anilines is 1. The molecule has 0 amide bonds. The number of rotatable bonds is 7. The molecule has 0 spiro atoms. The Morgan fingerprint density at radius 2 is 2.09 bits per heavy atom. The Kier molecular flexibility index (Phi) is 6.37. The van der Waals surface area contributed by atoms with Gasteiger partial charge in [0.15, 0.2) is 6.29 Å². The van der Waals surface area contributed by atoms with E-state index >= 15 is 0 Å². The largest absolute Gasteiger partial charge is 0.354 e. The molecule has 1 aromatic heterocycles. The number of hydrogen-bond acceptors (Lipinski definition) is 4. The van der Waals surface area contributed by atoms with Crippen molar-refractivity contribution in [3.05, 3.63) is 23.9 Å². The second kappa shape index (κ2) is 8.28. The molecule has 22 heavy (non-hydrogen) atoms. The van der Waals surface area contributed by atoms with Gasteiger partial charge < -0.3 is 9.80 Å². The maximum Gasteiger partial charge on any atom is 0.151 e. The van der Waals surface area contributed by atoms with E-state index in [-0.39, 0.29) is 0 Å². The topological polar surface area (TPSA) is 36.4 Å². The number of nitrogens with zero attached hydrogens (tertiary/aromatic N) is 3. The Morgan fingerprint density at radius 3 is 2.64 bits per heavy atom. The van der Waals surface area contributed by atoms with Gasteiger partial charge >= 0.3 is 0 Å². The second-order valence-electron chi connectivity index (χ2n) is 6.74. The highest BCUT2D eigenvalue weighted by molar-refractivity contribution is 5.74. The quantitative estimate of drug-likeness (QED) is 0.725. The molecule has 0 aromatic carbocycles. The predicted octanol–water partition coefficient (Wildman–Crippen LogP) is 3.23. The molecular weight excluding hydrogens is 274 g/mol. The van der Waals surface area contributed by atoms with E-state index in [1.165, 1.54) is 38.8 Å². The van der Waals surface area contributed by atoms with Gasteiger partial charge in [0.2, 0.25) is 0 Å². The zero-order chi connectivity index (χ0) is 15.9. The number of piperidine rings is 1. The first-order valence-electron chi connectivity index (χ1n) is 8.46. The normalized spacial score (nSPS) is 16.9. The van der Waals surface area contributed by atoms with E-state index in [0.717, 1.165) is 24.6 Å². The summed E-state index contributed by atoms with van der Waals surface area (Å²) in [5.41, 5.74) is 0.638. The summed E-state index contributed by atoms with van der Waals surface area (Å²) >= 11 is 0.